The van der Waals surface area contributed by atoms with Gasteiger partial charge >= 0.3 is 0 Å². The van der Waals surface area contributed by atoms with Crippen LogP contribution in [0.25, 0.3) is 11.0 Å². The first-order valence-electron chi connectivity index (χ1n) is 6.37. The van der Waals surface area contributed by atoms with Gasteiger partial charge in [-0.25, -0.2) is 18.7 Å². The van der Waals surface area contributed by atoms with E-state index in [2.05, 4.69) is 9.97 Å². The number of nitrogen functional groups attached to an aromatic ring is 1. The van der Waals surface area contributed by atoms with Gasteiger partial charge in [-0.1, -0.05) is 0 Å². The van der Waals surface area contributed by atoms with Crippen molar-refractivity contribution in [1.82, 2.24) is 14.5 Å². The van der Waals surface area contributed by atoms with Gasteiger partial charge in [-0.05, 0) is 26.3 Å². The summed E-state index contributed by atoms with van der Waals surface area (Å²) in [6.45, 7) is 5.77. The molecule has 0 aromatic carbocycles. The summed E-state index contributed by atoms with van der Waals surface area (Å²) in [6.07, 6.45) is -2.44. The number of alkyl halides is 2. The highest BCUT2D eigenvalue weighted by atomic mass is 19.3. The summed E-state index contributed by atoms with van der Waals surface area (Å²) < 4.78 is 30.9. The quantitative estimate of drug-likeness (QED) is 0.855. The Hall–Kier alpha value is -1.76. The third-order valence-corrected chi connectivity index (χ3v) is 3.31. The Kier molecular flexibility index (Phi) is 4.17. The van der Waals surface area contributed by atoms with Gasteiger partial charge in [0.25, 0.3) is 6.43 Å². The fourth-order valence-corrected chi connectivity index (χ4v) is 2.28. The molecule has 5 nitrogen and oxygen atoms in total. The third kappa shape index (κ3) is 2.72. The van der Waals surface area contributed by atoms with Crippen LogP contribution in [-0.4, -0.2) is 34.2 Å². The lowest BCUT2D eigenvalue weighted by atomic mass is 10.2. The smallest absolute Gasteiger partial charge is 0.261 e. The molecule has 110 valence electrons. The van der Waals surface area contributed by atoms with Crippen molar-refractivity contribution in [3.8, 4) is 0 Å². The van der Waals surface area contributed by atoms with E-state index in [1.54, 1.807) is 6.92 Å². The number of aromatic nitrogens is 3. The normalized spacial score (nSPS) is 11.7. The summed E-state index contributed by atoms with van der Waals surface area (Å²) in [5.74, 6) is 1.03. The number of nitrogens with zero attached hydrogens (tertiary/aromatic N) is 3. The SMILES string of the molecule is Cc1nc(N)c2c(C)c(C)n(CCOCC(F)F)c2n1. The number of hydrogen-bond donors (Lipinski definition) is 1. The minimum absolute atomic E-state index is 0.206. The van der Waals surface area contributed by atoms with Crippen LogP contribution in [0.5, 0.6) is 0 Å². The van der Waals surface area contributed by atoms with Crippen LogP contribution in [0.1, 0.15) is 17.1 Å². The van der Waals surface area contributed by atoms with E-state index < -0.39 is 13.0 Å². The van der Waals surface area contributed by atoms with Gasteiger partial charge in [0.2, 0.25) is 0 Å². The Labute approximate surface area is 115 Å². The van der Waals surface area contributed by atoms with E-state index in [4.69, 9.17) is 10.5 Å². The van der Waals surface area contributed by atoms with E-state index in [9.17, 15) is 8.78 Å². The molecule has 0 unspecified atom stereocenters. The van der Waals surface area contributed by atoms with Crippen LogP contribution in [0, 0.1) is 20.8 Å². The van der Waals surface area contributed by atoms with Gasteiger partial charge in [0.05, 0.1) is 12.0 Å². The first-order chi connectivity index (χ1) is 9.41. The van der Waals surface area contributed by atoms with Gasteiger partial charge in [0.15, 0.2) is 0 Å². The molecule has 2 rings (SSSR count). The molecule has 0 amide bonds. The molecule has 2 N–H and O–H groups in total. The van der Waals surface area contributed by atoms with Gasteiger partial charge in [-0.15, -0.1) is 0 Å². The van der Waals surface area contributed by atoms with Crippen LogP contribution < -0.4 is 5.73 Å². The maximum absolute atomic E-state index is 12.0. The summed E-state index contributed by atoms with van der Waals surface area (Å²) in [7, 11) is 0. The Balaban J connectivity index is 2.31. The zero-order valence-electron chi connectivity index (χ0n) is 11.8. The summed E-state index contributed by atoms with van der Waals surface area (Å²) in [5.41, 5.74) is 8.67. The summed E-state index contributed by atoms with van der Waals surface area (Å²) in [6, 6.07) is 0. The number of rotatable bonds is 5. The lowest BCUT2D eigenvalue weighted by Gasteiger charge is -2.09. The van der Waals surface area contributed by atoms with Crippen molar-refractivity contribution in [1.29, 1.82) is 0 Å². The van der Waals surface area contributed by atoms with Crippen molar-refractivity contribution in [2.24, 2.45) is 0 Å². The van der Waals surface area contributed by atoms with Gasteiger partial charge in [-0.3, -0.25) is 0 Å². The van der Waals surface area contributed by atoms with Crippen molar-refractivity contribution < 1.29 is 13.5 Å². The molecule has 7 heteroatoms. The molecular weight excluding hydrogens is 266 g/mol. The predicted molar refractivity (Wildman–Crippen MR) is 73.0 cm³/mol. The monoisotopic (exact) mass is 284 g/mol. The van der Waals surface area contributed by atoms with Crippen LogP contribution in [0.2, 0.25) is 0 Å². The minimum Gasteiger partial charge on any atom is -0.383 e. The van der Waals surface area contributed by atoms with Gasteiger partial charge < -0.3 is 15.0 Å². The lowest BCUT2D eigenvalue weighted by molar-refractivity contribution is 0.0149. The molecule has 2 heterocycles. The average Bonchev–Trinajstić information content (AvgIpc) is 2.58. The lowest BCUT2D eigenvalue weighted by Crippen LogP contribution is -2.12. The fourth-order valence-electron chi connectivity index (χ4n) is 2.28. The summed E-state index contributed by atoms with van der Waals surface area (Å²) in [4.78, 5) is 8.56. The molecule has 0 aliphatic rings. The maximum atomic E-state index is 12.0. The zero-order valence-corrected chi connectivity index (χ0v) is 11.8. The molecule has 0 saturated heterocycles. The highest BCUT2D eigenvalue weighted by Crippen LogP contribution is 2.27. The van der Waals surface area contributed by atoms with Crippen LogP contribution in [0.15, 0.2) is 0 Å². The molecule has 0 radical (unpaired) electrons. The Morgan fingerprint density at radius 3 is 2.60 bits per heavy atom. The first kappa shape index (κ1) is 14.6. The number of halogens is 2. The number of fused-ring (bicyclic) bond motifs is 1. The number of ether oxygens (including phenoxy) is 1. The van der Waals surface area contributed by atoms with Crippen LogP contribution in [0.3, 0.4) is 0 Å². The van der Waals surface area contributed by atoms with Gasteiger partial charge in [0, 0.05) is 12.2 Å². The Bertz CT molecular complexity index is 625. The van der Waals surface area contributed by atoms with E-state index in [1.807, 2.05) is 18.4 Å². The van der Waals surface area contributed by atoms with Crippen LogP contribution in [-0.2, 0) is 11.3 Å². The van der Waals surface area contributed by atoms with Crippen LogP contribution >= 0.6 is 0 Å². The first-order valence-corrected chi connectivity index (χ1v) is 6.37. The van der Waals surface area contributed by atoms with Crippen molar-refractivity contribution in [2.45, 2.75) is 33.7 Å². The Morgan fingerprint density at radius 1 is 1.25 bits per heavy atom. The maximum Gasteiger partial charge on any atom is 0.261 e. The molecule has 0 atom stereocenters. The summed E-state index contributed by atoms with van der Waals surface area (Å²) in [5, 5.41) is 0.821. The standard InChI is InChI=1S/C13H18F2N4O/c1-7-8(2)19(4-5-20-6-10(14)15)13-11(7)12(16)17-9(3)18-13/h10H,4-6H2,1-3H3,(H2,16,17,18). The second-order valence-electron chi connectivity index (χ2n) is 4.68. The van der Waals surface area contributed by atoms with E-state index in [1.165, 1.54) is 0 Å². The molecule has 20 heavy (non-hydrogen) atoms. The predicted octanol–water partition coefficient (Wildman–Crippen LogP) is 2.22. The molecule has 0 spiro atoms. The number of hydrogen-bond acceptors (Lipinski definition) is 4. The molecule has 0 fully saturated rings. The molecule has 0 aliphatic heterocycles. The molecule has 0 bridgehead atoms. The van der Waals surface area contributed by atoms with Crippen molar-refractivity contribution >= 4 is 16.9 Å². The summed E-state index contributed by atoms with van der Waals surface area (Å²) >= 11 is 0. The molecular formula is C13H18F2N4O. The van der Waals surface area contributed by atoms with Crippen LogP contribution in [0.4, 0.5) is 14.6 Å². The van der Waals surface area contributed by atoms with Crippen molar-refractivity contribution in [3.05, 3.63) is 17.1 Å². The topological polar surface area (TPSA) is 66.0 Å². The fraction of sp³-hybridized carbons (Fsp3) is 0.538. The highest BCUT2D eigenvalue weighted by Gasteiger charge is 2.16. The molecule has 2 aromatic rings. The molecule has 0 aliphatic carbocycles. The van der Waals surface area contributed by atoms with E-state index >= 15 is 0 Å². The van der Waals surface area contributed by atoms with Crippen molar-refractivity contribution in [2.75, 3.05) is 18.9 Å². The molecule has 0 saturated carbocycles. The minimum atomic E-state index is -2.44. The second-order valence-corrected chi connectivity index (χ2v) is 4.68. The zero-order chi connectivity index (χ0) is 14.9. The van der Waals surface area contributed by atoms with Gasteiger partial charge in [0.1, 0.15) is 23.9 Å². The Morgan fingerprint density at radius 2 is 1.95 bits per heavy atom. The third-order valence-electron chi connectivity index (χ3n) is 3.31. The largest absolute Gasteiger partial charge is 0.383 e. The van der Waals surface area contributed by atoms with E-state index in [-0.39, 0.29) is 6.61 Å². The number of aryl methyl sites for hydroxylation is 2. The number of anilines is 1. The van der Waals surface area contributed by atoms with E-state index in [0.29, 0.717) is 18.2 Å². The average molecular weight is 284 g/mol. The molecule has 2 aromatic heterocycles. The second kappa shape index (κ2) is 5.70. The van der Waals surface area contributed by atoms with Crippen molar-refractivity contribution in [3.63, 3.8) is 0 Å². The highest BCUT2D eigenvalue weighted by molar-refractivity contribution is 5.91. The van der Waals surface area contributed by atoms with E-state index in [0.717, 1.165) is 22.3 Å². The van der Waals surface area contributed by atoms with Gasteiger partial charge in [-0.2, -0.15) is 0 Å². The number of nitrogens with two attached hydrogens (primary N) is 1.